The Morgan fingerprint density at radius 1 is 1.73 bits per heavy atom. The molecule has 15 heavy (non-hydrogen) atoms. The van der Waals surface area contributed by atoms with Crippen LogP contribution in [-0.2, 0) is 4.79 Å². The number of carboxylic acids is 1. The number of carbonyl (C=O) groups is 1. The molecule has 0 bridgehead atoms. The number of thioether (sulfide) groups is 1. The number of aromatic nitrogens is 1. The molecule has 1 atom stereocenters. The van der Waals surface area contributed by atoms with E-state index in [4.69, 9.17) is 10.8 Å². The van der Waals surface area contributed by atoms with Gasteiger partial charge in [0.25, 0.3) is 0 Å². The van der Waals surface area contributed by atoms with Crippen LogP contribution in [0, 0.1) is 0 Å². The number of pyridine rings is 1. The number of hydrogen-bond donors (Lipinski definition) is 2. The molecule has 0 fully saturated rings. The number of aliphatic carboxylic acids is 1. The normalized spacial score (nSPS) is 14.6. The Morgan fingerprint density at radius 2 is 2.40 bits per heavy atom. The lowest BCUT2D eigenvalue weighted by Gasteiger charge is -2.17. The average molecular weight is 291 g/mol. The first-order chi connectivity index (χ1) is 6.92. The summed E-state index contributed by atoms with van der Waals surface area (Å²) in [5.41, 5.74) is 4.36. The van der Waals surface area contributed by atoms with Gasteiger partial charge in [-0.25, -0.2) is 4.98 Å². The van der Waals surface area contributed by atoms with E-state index in [1.807, 2.05) is 12.1 Å². The third-order valence-electron chi connectivity index (χ3n) is 1.71. The Kier molecular flexibility index (Phi) is 4.12. The highest BCUT2D eigenvalue weighted by molar-refractivity contribution is 9.10. The minimum absolute atomic E-state index is 0.289. The maximum Gasteiger partial charge on any atom is 0.324 e. The molecule has 1 aromatic heterocycles. The van der Waals surface area contributed by atoms with Crippen molar-refractivity contribution in [1.29, 1.82) is 0 Å². The second kappa shape index (κ2) is 4.96. The van der Waals surface area contributed by atoms with E-state index >= 15 is 0 Å². The van der Waals surface area contributed by atoms with Crippen molar-refractivity contribution >= 4 is 33.7 Å². The molecule has 0 spiro atoms. The number of nitrogens with zero attached hydrogens (tertiary/aromatic N) is 1. The molecule has 82 valence electrons. The van der Waals surface area contributed by atoms with Gasteiger partial charge in [-0.3, -0.25) is 4.79 Å². The van der Waals surface area contributed by atoms with Crippen LogP contribution >= 0.6 is 27.7 Å². The molecule has 3 N–H and O–H groups in total. The van der Waals surface area contributed by atoms with Crippen LogP contribution in [0.4, 0.5) is 0 Å². The highest BCUT2D eigenvalue weighted by Crippen LogP contribution is 2.21. The lowest BCUT2D eigenvalue weighted by atomic mass is 10.1. The van der Waals surface area contributed by atoms with Gasteiger partial charge < -0.3 is 10.8 Å². The number of hydrogen-bond acceptors (Lipinski definition) is 4. The molecule has 1 rings (SSSR count). The van der Waals surface area contributed by atoms with E-state index in [0.717, 1.165) is 9.50 Å². The fourth-order valence-electron chi connectivity index (χ4n) is 0.733. The predicted octanol–water partition coefficient (Wildman–Crippen LogP) is 1.74. The molecule has 0 amide bonds. The Hall–Kier alpha value is -0.590. The SMILES string of the molecule is CC(N)(CSc1ccc(Br)cn1)C(=O)O. The highest BCUT2D eigenvalue weighted by Gasteiger charge is 2.27. The van der Waals surface area contributed by atoms with Gasteiger partial charge in [0, 0.05) is 16.4 Å². The standard InChI is InChI=1S/C9H11BrN2O2S/c1-9(11,8(13)14)5-15-7-3-2-6(10)4-12-7/h2-4H,5,11H2,1H3,(H,13,14). The zero-order valence-corrected chi connectivity index (χ0v) is 10.5. The second-order valence-electron chi connectivity index (χ2n) is 3.33. The first-order valence-corrected chi connectivity index (χ1v) is 5.96. The lowest BCUT2D eigenvalue weighted by Crippen LogP contribution is -2.47. The van der Waals surface area contributed by atoms with Gasteiger partial charge in [-0.15, -0.1) is 11.8 Å². The second-order valence-corrected chi connectivity index (χ2v) is 5.24. The van der Waals surface area contributed by atoms with E-state index in [9.17, 15) is 4.79 Å². The largest absolute Gasteiger partial charge is 0.480 e. The molecule has 6 heteroatoms. The topological polar surface area (TPSA) is 76.2 Å². The van der Waals surface area contributed by atoms with Crippen LogP contribution in [0.1, 0.15) is 6.92 Å². The molecule has 0 radical (unpaired) electrons. The van der Waals surface area contributed by atoms with Gasteiger partial charge in [0.1, 0.15) is 5.54 Å². The zero-order chi connectivity index (χ0) is 11.5. The van der Waals surface area contributed by atoms with Crippen molar-refractivity contribution in [3.05, 3.63) is 22.8 Å². The summed E-state index contributed by atoms with van der Waals surface area (Å²) < 4.78 is 0.889. The first kappa shape index (κ1) is 12.5. The lowest BCUT2D eigenvalue weighted by molar-refractivity contribution is -0.141. The Labute approximate surface area is 100 Å². The van der Waals surface area contributed by atoms with E-state index < -0.39 is 11.5 Å². The summed E-state index contributed by atoms with van der Waals surface area (Å²) in [5, 5.41) is 9.56. The predicted molar refractivity (Wildman–Crippen MR) is 62.9 cm³/mol. The molecule has 4 nitrogen and oxygen atoms in total. The number of carboxylic acid groups (broad SMARTS) is 1. The summed E-state index contributed by atoms with van der Waals surface area (Å²) in [4.78, 5) is 14.8. The highest BCUT2D eigenvalue weighted by atomic mass is 79.9. The molecular weight excluding hydrogens is 280 g/mol. The van der Waals surface area contributed by atoms with Crippen LogP contribution in [0.3, 0.4) is 0 Å². The summed E-state index contributed by atoms with van der Waals surface area (Å²) >= 11 is 4.60. The van der Waals surface area contributed by atoms with Crippen molar-refractivity contribution < 1.29 is 9.90 Å². The molecule has 0 saturated carbocycles. The van der Waals surface area contributed by atoms with Crippen molar-refractivity contribution in [3.8, 4) is 0 Å². The van der Waals surface area contributed by atoms with Gasteiger partial charge in [0.05, 0.1) is 5.03 Å². The molecule has 1 aromatic rings. The molecule has 0 aliphatic carbocycles. The minimum atomic E-state index is -1.22. The maximum atomic E-state index is 10.7. The van der Waals surface area contributed by atoms with Gasteiger partial charge in [-0.2, -0.15) is 0 Å². The average Bonchev–Trinajstić information content (AvgIpc) is 2.17. The van der Waals surface area contributed by atoms with Crippen LogP contribution in [0.5, 0.6) is 0 Å². The van der Waals surface area contributed by atoms with Crippen LogP contribution in [0.25, 0.3) is 0 Å². The maximum absolute atomic E-state index is 10.7. The van der Waals surface area contributed by atoms with Crippen LogP contribution < -0.4 is 5.73 Å². The number of halogens is 1. The molecule has 0 aliphatic heterocycles. The molecule has 0 aromatic carbocycles. The zero-order valence-electron chi connectivity index (χ0n) is 8.11. The van der Waals surface area contributed by atoms with Crippen molar-refractivity contribution in [3.63, 3.8) is 0 Å². The first-order valence-electron chi connectivity index (χ1n) is 4.18. The third kappa shape index (κ3) is 3.81. The van der Waals surface area contributed by atoms with E-state index in [2.05, 4.69) is 20.9 Å². The Balaban J connectivity index is 2.57. The monoisotopic (exact) mass is 290 g/mol. The molecular formula is C9H11BrN2O2S. The van der Waals surface area contributed by atoms with Gasteiger partial charge in [0.2, 0.25) is 0 Å². The van der Waals surface area contributed by atoms with Gasteiger partial charge in [-0.1, -0.05) is 0 Å². The van der Waals surface area contributed by atoms with E-state index in [1.54, 1.807) is 6.20 Å². The van der Waals surface area contributed by atoms with Gasteiger partial charge >= 0.3 is 5.97 Å². The summed E-state index contributed by atoms with van der Waals surface area (Å²) in [6, 6.07) is 3.66. The molecule has 0 aliphatic rings. The smallest absolute Gasteiger partial charge is 0.324 e. The molecule has 1 heterocycles. The van der Waals surface area contributed by atoms with Crippen molar-refractivity contribution in [2.45, 2.75) is 17.5 Å². The molecule has 0 saturated heterocycles. The third-order valence-corrected chi connectivity index (χ3v) is 3.46. The Bertz CT molecular complexity index is 354. The van der Waals surface area contributed by atoms with Crippen LogP contribution in [-0.4, -0.2) is 27.4 Å². The van der Waals surface area contributed by atoms with E-state index in [-0.39, 0.29) is 5.75 Å². The molecule has 1 unspecified atom stereocenters. The quantitative estimate of drug-likeness (QED) is 0.826. The fraction of sp³-hybridized carbons (Fsp3) is 0.333. The van der Waals surface area contributed by atoms with Crippen molar-refractivity contribution in [1.82, 2.24) is 4.98 Å². The van der Waals surface area contributed by atoms with Gasteiger partial charge in [-0.05, 0) is 35.0 Å². The summed E-state index contributed by atoms with van der Waals surface area (Å²) in [6.07, 6.45) is 1.66. The van der Waals surface area contributed by atoms with E-state index in [0.29, 0.717) is 0 Å². The van der Waals surface area contributed by atoms with Crippen LogP contribution in [0.15, 0.2) is 27.8 Å². The van der Waals surface area contributed by atoms with Gasteiger partial charge in [0.15, 0.2) is 0 Å². The number of nitrogens with two attached hydrogens (primary N) is 1. The van der Waals surface area contributed by atoms with E-state index in [1.165, 1.54) is 18.7 Å². The van der Waals surface area contributed by atoms with Crippen molar-refractivity contribution in [2.75, 3.05) is 5.75 Å². The number of rotatable bonds is 4. The Morgan fingerprint density at radius 3 is 2.87 bits per heavy atom. The fourth-order valence-corrected chi connectivity index (χ4v) is 1.83. The summed E-state index contributed by atoms with van der Waals surface area (Å²) in [6.45, 7) is 1.49. The summed E-state index contributed by atoms with van der Waals surface area (Å²) in [7, 11) is 0. The van der Waals surface area contributed by atoms with Crippen LogP contribution in [0.2, 0.25) is 0 Å². The summed E-state index contributed by atoms with van der Waals surface area (Å²) in [5.74, 6) is -0.719. The van der Waals surface area contributed by atoms with Crippen molar-refractivity contribution in [2.24, 2.45) is 5.73 Å². The minimum Gasteiger partial charge on any atom is -0.480 e.